The fourth-order valence-electron chi connectivity index (χ4n) is 2.48. The number of amides is 2. The van der Waals surface area contributed by atoms with E-state index in [9.17, 15) is 31.2 Å². The second kappa shape index (κ2) is 7.27. The highest BCUT2D eigenvalue weighted by atomic mass is 32.2. The second-order valence-electron chi connectivity index (χ2n) is 6.09. The maximum atomic E-state index is 13.2. The van der Waals surface area contributed by atoms with Crippen molar-refractivity contribution in [3.8, 4) is 0 Å². The molecule has 0 spiro atoms. The van der Waals surface area contributed by atoms with Gasteiger partial charge in [0.25, 0.3) is 5.56 Å². The largest absolute Gasteiger partial charge is 0.409 e. The van der Waals surface area contributed by atoms with E-state index < -0.39 is 39.6 Å². The van der Waals surface area contributed by atoms with Gasteiger partial charge in [0.2, 0.25) is 10.0 Å². The zero-order chi connectivity index (χ0) is 19.7. The van der Waals surface area contributed by atoms with Gasteiger partial charge in [-0.05, 0) is 18.1 Å². The van der Waals surface area contributed by atoms with Crippen molar-refractivity contribution in [1.29, 1.82) is 0 Å². The molecule has 1 aliphatic heterocycles. The maximum Gasteiger partial charge on any atom is 0.409 e. The molecular weight excluding hydrogens is 377 g/mol. The van der Waals surface area contributed by atoms with Crippen LogP contribution in [0.5, 0.6) is 0 Å². The first kappa shape index (κ1) is 20.2. The minimum absolute atomic E-state index is 0.118. The molecule has 0 saturated heterocycles. The zero-order valence-electron chi connectivity index (χ0n) is 14.1. The smallest absolute Gasteiger partial charge is 0.329 e. The molecule has 2 rings (SSSR count). The van der Waals surface area contributed by atoms with Crippen LogP contribution in [0.3, 0.4) is 0 Å². The van der Waals surface area contributed by atoms with E-state index in [0.29, 0.717) is 16.3 Å². The van der Waals surface area contributed by atoms with Crippen molar-refractivity contribution >= 4 is 16.1 Å². The van der Waals surface area contributed by atoms with Gasteiger partial charge in [0.05, 0.1) is 12.3 Å². The number of urea groups is 1. The van der Waals surface area contributed by atoms with Crippen molar-refractivity contribution in [3.05, 3.63) is 33.7 Å². The number of nitrogens with zero attached hydrogens (tertiary/aromatic N) is 2. The highest BCUT2D eigenvalue weighted by Crippen LogP contribution is 2.23. The van der Waals surface area contributed by atoms with E-state index in [1.165, 1.54) is 6.20 Å². The topological polar surface area (TPSA) is 103 Å². The molecule has 0 fully saturated rings. The van der Waals surface area contributed by atoms with Crippen molar-refractivity contribution in [2.75, 3.05) is 26.4 Å². The lowest BCUT2D eigenvalue weighted by Gasteiger charge is -2.31. The van der Waals surface area contributed by atoms with Gasteiger partial charge in [-0.3, -0.25) is 4.79 Å². The molecule has 2 N–H and O–H groups in total. The van der Waals surface area contributed by atoms with E-state index in [0.717, 1.165) is 24.6 Å². The Morgan fingerprint density at radius 2 is 2.08 bits per heavy atom. The summed E-state index contributed by atoms with van der Waals surface area (Å²) in [6.07, 6.45) is -3.16. The Morgan fingerprint density at radius 3 is 2.65 bits per heavy atom. The van der Waals surface area contributed by atoms with E-state index >= 15 is 0 Å². The number of carbonyl (C=O) groups excluding carboxylic acids is 1. The number of pyridine rings is 1. The maximum absolute atomic E-state index is 13.2. The fourth-order valence-corrected chi connectivity index (χ4v) is 3.47. The minimum Gasteiger partial charge on any atom is -0.329 e. The number of H-pyrrole nitrogens is 1. The molecule has 0 saturated carbocycles. The standard InChI is InChI=1S/C14H19F3N4O4S/c1-20(2)26(24,25)8-11(14(15,16)17)19-13(23)21-6-4-9-3-5-18-12(22)10(9)7-21/h3,5,11H,4,6-8H2,1-2H3,(H,18,22)(H,19,23). The van der Waals surface area contributed by atoms with E-state index in [4.69, 9.17) is 0 Å². The Labute approximate surface area is 148 Å². The lowest BCUT2D eigenvalue weighted by molar-refractivity contribution is -0.148. The van der Waals surface area contributed by atoms with Gasteiger partial charge in [0.1, 0.15) is 6.04 Å². The van der Waals surface area contributed by atoms with Crippen LogP contribution in [0.1, 0.15) is 11.1 Å². The predicted molar refractivity (Wildman–Crippen MR) is 87.0 cm³/mol. The highest BCUT2D eigenvalue weighted by molar-refractivity contribution is 7.89. The van der Waals surface area contributed by atoms with Crippen LogP contribution in [0.25, 0.3) is 0 Å². The molecule has 1 aliphatic rings. The predicted octanol–water partition coefficient (Wildman–Crippen LogP) is 0.265. The summed E-state index contributed by atoms with van der Waals surface area (Å²) in [6.45, 7) is -0.0321. The van der Waals surface area contributed by atoms with Gasteiger partial charge >= 0.3 is 12.2 Å². The van der Waals surface area contributed by atoms with Crippen LogP contribution in [0, 0.1) is 0 Å². The average Bonchev–Trinajstić information content (AvgIpc) is 2.53. The number of alkyl halides is 3. The summed E-state index contributed by atoms with van der Waals surface area (Å²) in [7, 11) is -1.97. The number of aromatic nitrogens is 1. The summed E-state index contributed by atoms with van der Waals surface area (Å²) >= 11 is 0. The third-order valence-corrected chi connectivity index (χ3v) is 5.94. The number of halogens is 3. The SMILES string of the molecule is CN(C)S(=O)(=O)CC(NC(=O)N1CCc2cc[nH]c(=O)c2C1)C(F)(F)F. The van der Waals surface area contributed by atoms with Gasteiger partial charge in [-0.15, -0.1) is 0 Å². The summed E-state index contributed by atoms with van der Waals surface area (Å²) in [5, 5.41) is 1.73. The van der Waals surface area contributed by atoms with Crippen LogP contribution in [-0.4, -0.2) is 67.2 Å². The third-order valence-electron chi connectivity index (χ3n) is 4.07. The monoisotopic (exact) mass is 396 g/mol. The number of sulfonamides is 1. The first-order valence-electron chi connectivity index (χ1n) is 7.63. The van der Waals surface area contributed by atoms with Gasteiger partial charge in [0.15, 0.2) is 0 Å². The normalized spacial score (nSPS) is 16.3. The van der Waals surface area contributed by atoms with Crippen molar-refractivity contribution < 1.29 is 26.4 Å². The Balaban J connectivity index is 2.15. The Hall–Kier alpha value is -2.08. The Bertz CT molecular complexity index is 835. The molecule has 1 aromatic heterocycles. The Kier molecular flexibility index (Phi) is 5.66. The lowest BCUT2D eigenvalue weighted by atomic mass is 10.0. The molecule has 1 aromatic rings. The van der Waals surface area contributed by atoms with Gasteiger partial charge in [0, 0.05) is 32.4 Å². The number of aromatic amines is 1. The molecule has 1 unspecified atom stereocenters. The quantitative estimate of drug-likeness (QED) is 0.762. The molecule has 1 atom stereocenters. The molecule has 0 radical (unpaired) electrons. The number of hydrogen-bond donors (Lipinski definition) is 2. The van der Waals surface area contributed by atoms with Gasteiger partial charge in [-0.2, -0.15) is 13.2 Å². The van der Waals surface area contributed by atoms with Gasteiger partial charge in [-0.1, -0.05) is 0 Å². The number of nitrogens with one attached hydrogen (secondary N) is 2. The molecule has 26 heavy (non-hydrogen) atoms. The first-order valence-corrected chi connectivity index (χ1v) is 9.24. The second-order valence-corrected chi connectivity index (χ2v) is 8.31. The number of hydrogen-bond acceptors (Lipinski definition) is 4. The molecule has 0 aromatic carbocycles. The van der Waals surface area contributed by atoms with E-state index in [-0.39, 0.29) is 13.1 Å². The fraction of sp³-hybridized carbons (Fsp3) is 0.571. The summed E-state index contributed by atoms with van der Waals surface area (Å²) in [5.41, 5.74) is 0.612. The van der Waals surface area contributed by atoms with E-state index in [2.05, 4.69) is 4.98 Å². The van der Waals surface area contributed by atoms with Crippen LogP contribution in [0.4, 0.5) is 18.0 Å². The molecule has 8 nitrogen and oxygen atoms in total. The average molecular weight is 396 g/mol. The van der Waals surface area contributed by atoms with Gasteiger partial charge < -0.3 is 15.2 Å². The highest BCUT2D eigenvalue weighted by Gasteiger charge is 2.44. The first-order chi connectivity index (χ1) is 11.9. The molecule has 2 amide bonds. The van der Waals surface area contributed by atoms with Crippen LogP contribution in [0.2, 0.25) is 0 Å². The zero-order valence-corrected chi connectivity index (χ0v) is 14.9. The van der Waals surface area contributed by atoms with E-state index in [1.54, 1.807) is 11.4 Å². The molecule has 146 valence electrons. The summed E-state index contributed by atoms with van der Waals surface area (Å²) in [4.78, 5) is 27.5. The number of carbonyl (C=O) groups is 1. The van der Waals surface area contributed by atoms with Gasteiger partial charge in [-0.25, -0.2) is 17.5 Å². The van der Waals surface area contributed by atoms with Crippen LogP contribution in [0.15, 0.2) is 17.1 Å². The summed E-state index contributed by atoms with van der Waals surface area (Å²) in [5.74, 6) is -1.31. The van der Waals surface area contributed by atoms with Crippen molar-refractivity contribution in [1.82, 2.24) is 19.5 Å². The lowest BCUT2D eigenvalue weighted by Crippen LogP contribution is -2.55. The number of rotatable bonds is 4. The third kappa shape index (κ3) is 4.55. The van der Waals surface area contributed by atoms with E-state index in [1.807, 2.05) is 0 Å². The summed E-state index contributed by atoms with van der Waals surface area (Å²) in [6, 6.07) is -1.96. The molecular formula is C14H19F3N4O4S. The number of fused-ring (bicyclic) bond motifs is 1. The Morgan fingerprint density at radius 1 is 1.42 bits per heavy atom. The molecule has 0 bridgehead atoms. The van der Waals surface area contributed by atoms with Crippen molar-refractivity contribution in [2.24, 2.45) is 0 Å². The van der Waals surface area contributed by atoms with Crippen LogP contribution < -0.4 is 10.9 Å². The summed E-state index contributed by atoms with van der Waals surface area (Å²) < 4.78 is 63.7. The minimum atomic E-state index is -4.94. The molecule has 12 heteroatoms. The van der Waals surface area contributed by atoms with Crippen molar-refractivity contribution in [3.63, 3.8) is 0 Å². The van der Waals surface area contributed by atoms with Crippen LogP contribution >= 0.6 is 0 Å². The molecule has 0 aliphatic carbocycles. The molecule has 2 heterocycles. The van der Waals surface area contributed by atoms with Crippen molar-refractivity contribution in [2.45, 2.75) is 25.2 Å². The van der Waals surface area contributed by atoms with Crippen LogP contribution in [-0.2, 0) is 23.0 Å².